The molecule has 1 aromatic carbocycles. The van der Waals surface area contributed by atoms with Gasteiger partial charge in [0.2, 0.25) is 0 Å². The third-order valence-electron chi connectivity index (χ3n) is 3.24. The average molecular weight is 295 g/mol. The summed E-state index contributed by atoms with van der Waals surface area (Å²) in [5.74, 6) is 1.25. The van der Waals surface area contributed by atoms with Gasteiger partial charge in [-0.25, -0.2) is 13.4 Å². The van der Waals surface area contributed by atoms with Crippen LogP contribution in [0.2, 0.25) is 0 Å². The summed E-state index contributed by atoms with van der Waals surface area (Å²) in [6.07, 6.45) is 1.31. The number of benzene rings is 1. The lowest BCUT2D eigenvalue weighted by molar-refractivity contribution is 0.586. The van der Waals surface area contributed by atoms with Crippen LogP contribution in [0.25, 0.3) is 11.0 Å². The highest BCUT2D eigenvalue weighted by Gasteiger charge is 2.14. The zero-order chi connectivity index (χ0) is 14.6. The Morgan fingerprint density at radius 2 is 2.00 bits per heavy atom. The molecule has 0 fully saturated rings. The fourth-order valence-corrected chi connectivity index (χ4v) is 3.63. The Hall–Kier alpha value is -1.40. The first-order valence-electron chi connectivity index (χ1n) is 6.92. The molecule has 110 valence electrons. The number of sulfone groups is 1. The quantitative estimate of drug-likeness (QED) is 0.836. The summed E-state index contributed by atoms with van der Waals surface area (Å²) >= 11 is 0. The molecule has 20 heavy (non-hydrogen) atoms. The van der Waals surface area contributed by atoms with Gasteiger partial charge in [-0.05, 0) is 25.1 Å². The SMILES string of the molecule is CCCS(=O)(=O)CCn1c(CCN)nc2ccccc21. The molecule has 0 bridgehead atoms. The Labute approximate surface area is 119 Å². The van der Waals surface area contributed by atoms with E-state index in [0.29, 0.717) is 25.9 Å². The lowest BCUT2D eigenvalue weighted by Crippen LogP contribution is -2.18. The third-order valence-corrected chi connectivity index (χ3v) is 5.08. The molecular weight excluding hydrogens is 274 g/mol. The number of fused-ring (bicyclic) bond motifs is 1. The molecule has 0 aliphatic heterocycles. The summed E-state index contributed by atoms with van der Waals surface area (Å²) in [5.41, 5.74) is 7.48. The molecule has 2 aromatic rings. The number of nitrogens with two attached hydrogens (primary N) is 1. The summed E-state index contributed by atoms with van der Waals surface area (Å²) in [6.45, 7) is 2.83. The first-order valence-corrected chi connectivity index (χ1v) is 8.74. The van der Waals surface area contributed by atoms with Crippen LogP contribution in [-0.4, -0.2) is 36.0 Å². The van der Waals surface area contributed by atoms with E-state index in [-0.39, 0.29) is 11.5 Å². The van der Waals surface area contributed by atoms with E-state index in [1.54, 1.807) is 0 Å². The third kappa shape index (κ3) is 3.37. The van der Waals surface area contributed by atoms with Crippen molar-refractivity contribution in [1.29, 1.82) is 0 Å². The largest absolute Gasteiger partial charge is 0.330 e. The number of hydrogen-bond donors (Lipinski definition) is 1. The zero-order valence-electron chi connectivity index (χ0n) is 11.7. The van der Waals surface area contributed by atoms with Gasteiger partial charge in [0.15, 0.2) is 9.84 Å². The Morgan fingerprint density at radius 1 is 1.25 bits per heavy atom. The molecule has 1 aromatic heterocycles. The lowest BCUT2D eigenvalue weighted by atomic mass is 10.3. The van der Waals surface area contributed by atoms with Crippen LogP contribution in [0.4, 0.5) is 0 Å². The normalized spacial score (nSPS) is 12.1. The van der Waals surface area contributed by atoms with Gasteiger partial charge in [-0.3, -0.25) is 0 Å². The molecule has 1 heterocycles. The fourth-order valence-electron chi connectivity index (χ4n) is 2.34. The molecule has 6 heteroatoms. The minimum atomic E-state index is -2.99. The predicted octanol–water partition coefficient (Wildman–Crippen LogP) is 1.36. The first-order chi connectivity index (χ1) is 9.57. The van der Waals surface area contributed by atoms with Crippen LogP contribution in [0, 0.1) is 0 Å². The van der Waals surface area contributed by atoms with E-state index >= 15 is 0 Å². The van der Waals surface area contributed by atoms with Gasteiger partial charge >= 0.3 is 0 Å². The highest BCUT2D eigenvalue weighted by Crippen LogP contribution is 2.16. The van der Waals surface area contributed by atoms with E-state index in [9.17, 15) is 8.42 Å². The lowest BCUT2D eigenvalue weighted by Gasteiger charge is -2.09. The van der Waals surface area contributed by atoms with Crippen molar-refractivity contribution in [3.63, 3.8) is 0 Å². The molecular formula is C14H21N3O2S. The number of hydrogen-bond acceptors (Lipinski definition) is 4. The second-order valence-corrected chi connectivity index (χ2v) is 7.16. The highest BCUT2D eigenvalue weighted by atomic mass is 32.2. The first kappa shape index (κ1) is 15.0. The number of para-hydroxylation sites is 2. The van der Waals surface area contributed by atoms with Crippen molar-refractivity contribution in [3.8, 4) is 0 Å². The van der Waals surface area contributed by atoms with Crippen molar-refractivity contribution in [3.05, 3.63) is 30.1 Å². The van der Waals surface area contributed by atoms with Gasteiger partial charge in [0.25, 0.3) is 0 Å². The van der Waals surface area contributed by atoms with E-state index in [4.69, 9.17) is 5.73 Å². The minimum absolute atomic E-state index is 0.152. The maximum Gasteiger partial charge on any atom is 0.152 e. The van der Waals surface area contributed by atoms with Gasteiger partial charge in [0, 0.05) is 18.7 Å². The standard InChI is InChI=1S/C14H21N3O2S/c1-2-10-20(18,19)11-9-17-13-6-4-3-5-12(13)16-14(17)7-8-15/h3-6H,2,7-11,15H2,1H3. The maximum absolute atomic E-state index is 11.9. The number of imidazole rings is 1. The van der Waals surface area contributed by atoms with E-state index in [1.807, 2.05) is 35.8 Å². The number of aryl methyl sites for hydroxylation is 1. The van der Waals surface area contributed by atoms with E-state index < -0.39 is 9.84 Å². The Balaban J connectivity index is 2.29. The van der Waals surface area contributed by atoms with E-state index in [1.165, 1.54) is 0 Å². The second kappa shape index (κ2) is 6.37. The van der Waals surface area contributed by atoms with Gasteiger partial charge < -0.3 is 10.3 Å². The van der Waals surface area contributed by atoms with Gasteiger partial charge in [0.1, 0.15) is 5.82 Å². The number of aromatic nitrogens is 2. The number of rotatable bonds is 7. The van der Waals surface area contributed by atoms with Crippen molar-refractivity contribution in [1.82, 2.24) is 9.55 Å². The molecule has 2 N–H and O–H groups in total. The monoisotopic (exact) mass is 295 g/mol. The summed E-state index contributed by atoms with van der Waals surface area (Å²) in [5, 5.41) is 0. The van der Waals surface area contributed by atoms with Crippen LogP contribution in [-0.2, 0) is 22.8 Å². The Morgan fingerprint density at radius 3 is 2.70 bits per heavy atom. The van der Waals surface area contributed by atoms with Gasteiger partial charge in [-0.1, -0.05) is 19.1 Å². The van der Waals surface area contributed by atoms with Crippen LogP contribution in [0.15, 0.2) is 24.3 Å². The van der Waals surface area contributed by atoms with Crippen molar-refractivity contribution < 1.29 is 8.42 Å². The Bertz CT molecular complexity index is 677. The molecule has 2 rings (SSSR count). The van der Waals surface area contributed by atoms with Crippen molar-refractivity contribution in [2.75, 3.05) is 18.1 Å². The molecule has 0 unspecified atom stereocenters. The molecule has 0 aliphatic rings. The molecule has 0 amide bonds. The predicted molar refractivity (Wildman–Crippen MR) is 81.4 cm³/mol. The van der Waals surface area contributed by atoms with Crippen molar-refractivity contribution >= 4 is 20.9 Å². The summed E-state index contributed by atoms with van der Waals surface area (Å²) in [7, 11) is -2.99. The average Bonchev–Trinajstić information content (AvgIpc) is 2.74. The van der Waals surface area contributed by atoms with Crippen LogP contribution in [0.1, 0.15) is 19.2 Å². The van der Waals surface area contributed by atoms with Gasteiger partial charge in [0.05, 0.1) is 16.8 Å². The van der Waals surface area contributed by atoms with E-state index in [2.05, 4.69) is 4.98 Å². The zero-order valence-corrected chi connectivity index (χ0v) is 12.6. The molecule has 5 nitrogen and oxygen atoms in total. The summed E-state index contributed by atoms with van der Waals surface area (Å²) < 4.78 is 25.7. The van der Waals surface area contributed by atoms with E-state index in [0.717, 1.165) is 16.9 Å². The van der Waals surface area contributed by atoms with Crippen LogP contribution >= 0.6 is 0 Å². The topological polar surface area (TPSA) is 78.0 Å². The molecule has 0 aliphatic carbocycles. The molecule has 0 saturated carbocycles. The molecule has 0 radical (unpaired) electrons. The Kier molecular flexibility index (Phi) is 4.77. The molecule has 0 saturated heterocycles. The summed E-state index contributed by atoms with van der Waals surface area (Å²) in [4.78, 5) is 4.54. The summed E-state index contributed by atoms with van der Waals surface area (Å²) in [6, 6.07) is 7.77. The molecule has 0 spiro atoms. The molecule has 0 atom stereocenters. The number of nitrogens with zero attached hydrogens (tertiary/aromatic N) is 2. The minimum Gasteiger partial charge on any atom is -0.330 e. The second-order valence-electron chi connectivity index (χ2n) is 4.86. The van der Waals surface area contributed by atoms with Gasteiger partial charge in [-0.2, -0.15) is 0 Å². The van der Waals surface area contributed by atoms with Crippen LogP contribution < -0.4 is 5.73 Å². The fraction of sp³-hybridized carbons (Fsp3) is 0.500. The highest BCUT2D eigenvalue weighted by molar-refractivity contribution is 7.91. The van der Waals surface area contributed by atoms with Crippen molar-refractivity contribution in [2.45, 2.75) is 26.3 Å². The van der Waals surface area contributed by atoms with Crippen LogP contribution in [0.3, 0.4) is 0 Å². The smallest absolute Gasteiger partial charge is 0.152 e. The van der Waals surface area contributed by atoms with Crippen molar-refractivity contribution in [2.24, 2.45) is 5.73 Å². The maximum atomic E-state index is 11.9. The van der Waals surface area contributed by atoms with Crippen LogP contribution in [0.5, 0.6) is 0 Å². The van der Waals surface area contributed by atoms with Gasteiger partial charge in [-0.15, -0.1) is 0 Å².